The smallest absolute Gasteiger partial charge is 0.308 e. The molecule has 0 saturated heterocycles. The fourth-order valence-electron chi connectivity index (χ4n) is 3.67. The number of aliphatic hydroxyl groups excluding tert-OH is 5. The topological polar surface area (TPSA) is 148 Å². The van der Waals surface area contributed by atoms with E-state index in [-0.39, 0.29) is 6.42 Å². The number of ether oxygens (including phenoxy) is 1. The number of hydrogen-bond acceptors (Lipinski definition) is 8. The predicted molar refractivity (Wildman–Crippen MR) is 120 cm³/mol. The lowest BCUT2D eigenvalue weighted by Crippen LogP contribution is -2.72. The third-order valence-electron chi connectivity index (χ3n) is 5.80. The van der Waals surface area contributed by atoms with Crippen LogP contribution >= 0.6 is 0 Å². The SMILES string of the molecule is CCCCC/C=C/C/C=C/CCCCCCCC(=O)OC1(O)[C@H](O)[C@H](O)C(O)[C@H](O)[C@H]1O. The molecule has 1 aliphatic rings. The van der Waals surface area contributed by atoms with Gasteiger partial charge in [0.1, 0.15) is 18.3 Å². The summed E-state index contributed by atoms with van der Waals surface area (Å²) in [7, 11) is 0. The van der Waals surface area contributed by atoms with Gasteiger partial charge in [0, 0.05) is 6.42 Å². The van der Waals surface area contributed by atoms with E-state index in [0.717, 1.165) is 44.9 Å². The molecule has 1 fully saturated rings. The molecule has 0 amide bonds. The van der Waals surface area contributed by atoms with E-state index in [4.69, 9.17) is 4.74 Å². The summed E-state index contributed by atoms with van der Waals surface area (Å²) in [5, 5.41) is 58.9. The molecule has 8 nitrogen and oxygen atoms in total. The van der Waals surface area contributed by atoms with Gasteiger partial charge in [0.15, 0.2) is 12.2 Å². The molecule has 1 aliphatic carbocycles. The Bertz CT molecular complexity index is 560. The van der Waals surface area contributed by atoms with Crippen molar-refractivity contribution in [2.24, 2.45) is 0 Å². The molecular formula is C24H42O8. The van der Waals surface area contributed by atoms with E-state index in [1.807, 2.05) is 0 Å². The highest BCUT2D eigenvalue weighted by atomic mass is 16.7. The quantitative estimate of drug-likeness (QED) is 0.0943. The zero-order chi connectivity index (χ0) is 24.0. The number of carbonyl (C=O) groups is 1. The molecule has 1 rings (SSSR count). The lowest BCUT2D eigenvalue weighted by molar-refractivity contribution is -0.347. The van der Waals surface area contributed by atoms with E-state index in [1.54, 1.807) is 0 Å². The number of allylic oxidation sites excluding steroid dienone is 4. The van der Waals surface area contributed by atoms with Gasteiger partial charge in [0.05, 0.1) is 0 Å². The molecule has 0 aromatic heterocycles. The van der Waals surface area contributed by atoms with Crippen molar-refractivity contribution in [1.82, 2.24) is 0 Å². The van der Waals surface area contributed by atoms with Crippen molar-refractivity contribution >= 4 is 5.97 Å². The third-order valence-corrected chi connectivity index (χ3v) is 5.80. The Kier molecular flexibility index (Phi) is 13.9. The molecule has 8 heteroatoms. The van der Waals surface area contributed by atoms with Gasteiger partial charge >= 0.3 is 5.97 Å². The Labute approximate surface area is 191 Å². The summed E-state index contributed by atoms with van der Waals surface area (Å²) < 4.78 is 4.78. The van der Waals surface area contributed by atoms with Gasteiger partial charge in [-0.15, -0.1) is 0 Å². The van der Waals surface area contributed by atoms with Crippen molar-refractivity contribution in [3.8, 4) is 0 Å². The van der Waals surface area contributed by atoms with Crippen molar-refractivity contribution in [2.75, 3.05) is 0 Å². The number of unbranched alkanes of at least 4 members (excludes halogenated alkanes) is 8. The first-order chi connectivity index (χ1) is 15.3. The van der Waals surface area contributed by atoms with Crippen LogP contribution < -0.4 is 0 Å². The zero-order valence-electron chi connectivity index (χ0n) is 19.2. The Morgan fingerprint density at radius 3 is 1.81 bits per heavy atom. The number of aliphatic hydroxyl groups is 6. The summed E-state index contributed by atoms with van der Waals surface area (Å²) >= 11 is 0. The van der Waals surface area contributed by atoms with Crippen LogP contribution in [-0.4, -0.2) is 72.9 Å². The first kappa shape index (κ1) is 28.7. The number of carbonyl (C=O) groups excluding carboxylic acids is 1. The molecule has 2 unspecified atom stereocenters. The van der Waals surface area contributed by atoms with E-state index in [9.17, 15) is 35.4 Å². The average Bonchev–Trinajstić information content (AvgIpc) is 2.78. The van der Waals surface area contributed by atoms with E-state index < -0.39 is 42.3 Å². The van der Waals surface area contributed by atoms with Crippen LogP contribution in [0.15, 0.2) is 24.3 Å². The zero-order valence-corrected chi connectivity index (χ0v) is 19.2. The molecule has 1 saturated carbocycles. The highest BCUT2D eigenvalue weighted by Crippen LogP contribution is 2.32. The molecule has 6 atom stereocenters. The van der Waals surface area contributed by atoms with Crippen LogP contribution in [0.1, 0.15) is 84.0 Å². The standard InChI is InChI=1S/C24H42O8/c1-2-3-4-5-6-7-8-9-10-11-12-13-14-15-16-17-18(25)32-24(31)22(29)20(27)19(26)21(28)23(24)30/h6-7,9-10,19-23,26-31H,2-5,8,11-17H2,1H3/b7-6+,10-9+/t19?,20-,21+,22-,23-,24?/m1/s1. The van der Waals surface area contributed by atoms with Gasteiger partial charge in [-0.3, -0.25) is 4.79 Å². The summed E-state index contributed by atoms with van der Waals surface area (Å²) in [6, 6.07) is 0. The molecule has 0 bridgehead atoms. The van der Waals surface area contributed by atoms with Gasteiger partial charge in [0.2, 0.25) is 0 Å². The summed E-state index contributed by atoms with van der Waals surface area (Å²) in [6.45, 7) is 2.20. The lowest BCUT2D eigenvalue weighted by atomic mass is 9.82. The van der Waals surface area contributed by atoms with Crippen LogP contribution in [-0.2, 0) is 9.53 Å². The molecule has 32 heavy (non-hydrogen) atoms. The maximum absolute atomic E-state index is 12.0. The van der Waals surface area contributed by atoms with Crippen LogP contribution in [0.25, 0.3) is 0 Å². The normalized spacial score (nSPS) is 30.9. The highest BCUT2D eigenvalue weighted by molar-refractivity contribution is 5.69. The minimum absolute atomic E-state index is 0.0407. The maximum Gasteiger partial charge on any atom is 0.308 e. The molecule has 0 aromatic rings. The first-order valence-electron chi connectivity index (χ1n) is 11.9. The van der Waals surface area contributed by atoms with Gasteiger partial charge in [-0.05, 0) is 38.5 Å². The highest BCUT2D eigenvalue weighted by Gasteiger charge is 2.60. The molecule has 0 aromatic carbocycles. The monoisotopic (exact) mass is 458 g/mol. The van der Waals surface area contributed by atoms with Crippen LogP contribution in [0, 0.1) is 0 Å². The van der Waals surface area contributed by atoms with Gasteiger partial charge in [0.25, 0.3) is 5.79 Å². The largest absolute Gasteiger partial charge is 0.427 e. The predicted octanol–water partition coefficient (Wildman–Crippen LogP) is 1.85. The molecule has 0 heterocycles. The second kappa shape index (κ2) is 15.5. The van der Waals surface area contributed by atoms with Crippen molar-refractivity contribution in [3.63, 3.8) is 0 Å². The van der Waals surface area contributed by atoms with E-state index in [0.29, 0.717) is 6.42 Å². The Balaban J connectivity index is 2.13. The van der Waals surface area contributed by atoms with Crippen molar-refractivity contribution in [1.29, 1.82) is 0 Å². The van der Waals surface area contributed by atoms with Crippen LogP contribution in [0.3, 0.4) is 0 Å². The van der Waals surface area contributed by atoms with Gasteiger partial charge in [-0.25, -0.2) is 0 Å². The van der Waals surface area contributed by atoms with Crippen molar-refractivity contribution < 1.29 is 40.2 Å². The Hall–Kier alpha value is -1.29. The fraction of sp³-hybridized carbons (Fsp3) is 0.792. The lowest BCUT2D eigenvalue weighted by Gasteiger charge is -2.46. The summed E-state index contributed by atoms with van der Waals surface area (Å²) in [4.78, 5) is 12.0. The minimum Gasteiger partial charge on any atom is -0.427 e. The van der Waals surface area contributed by atoms with Gasteiger partial charge in [-0.2, -0.15) is 0 Å². The fourth-order valence-corrected chi connectivity index (χ4v) is 3.67. The molecule has 0 spiro atoms. The number of esters is 1. The van der Waals surface area contributed by atoms with Crippen LogP contribution in [0.2, 0.25) is 0 Å². The average molecular weight is 459 g/mol. The van der Waals surface area contributed by atoms with Gasteiger partial charge < -0.3 is 35.4 Å². The number of hydrogen-bond donors (Lipinski definition) is 6. The second-order valence-electron chi connectivity index (χ2n) is 8.57. The number of rotatable bonds is 15. The van der Waals surface area contributed by atoms with Crippen LogP contribution in [0.4, 0.5) is 0 Å². The van der Waals surface area contributed by atoms with E-state index >= 15 is 0 Å². The Morgan fingerprint density at radius 2 is 1.25 bits per heavy atom. The summed E-state index contributed by atoms with van der Waals surface area (Å²) in [5.74, 6) is -3.75. The van der Waals surface area contributed by atoms with Crippen molar-refractivity contribution in [3.05, 3.63) is 24.3 Å². The summed E-state index contributed by atoms with van der Waals surface area (Å²) in [6.07, 6.45) is 9.93. The van der Waals surface area contributed by atoms with Gasteiger partial charge in [-0.1, -0.05) is 63.3 Å². The molecular weight excluding hydrogens is 416 g/mol. The van der Waals surface area contributed by atoms with Crippen LogP contribution in [0.5, 0.6) is 0 Å². The van der Waals surface area contributed by atoms with Crippen molar-refractivity contribution in [2.45, 2.75) is 120 Å². The van der Waals surface area contributed by atoms with E-state index in [2.05, 4.69) is 31.2 Å². The minimum atomic E-state index is -2.88. The second-order valence-corrected chi connectivity index (χ2v) is 8.57. The summed E-state index contributed by atoms with van der Waals surface area (Å²) in [5.41, 5.74) is 0. The Morgan fingerprint density at radius 1 is 0.750 bits per heavy atom. The third kappa shape index (κ3) is 9.29. The van der Waals surface area contributed by atoms with E-state index in [1.165, 1.54) is 19.3 Å². The first-order valence-corrected chi connectivity index (χ1v) is 11.9. The molecule has 6 N–H and O–H groups in total. The molecule has 0 radical (unpaired) electrons. The maximum atomic E-state index is 12.0. The molecule has 186 valence electrons. The molecule has 0 aliphatic heterocycles.